The lowest BCUT2D eigenvalue weighted by atomic mass is 10.2. The van der Waals surface area contributed by atoms with E-state index in [1.54, 1.807) is 18.2 Å². The molecule has 0 N–H and O–H groups in total. The summed E-state index contributed by atoms with van der Waals surface area (Å²) < 4.78 is 42.2. The molecule has 0 atom stereocenters. The summed E-state index contributed by atoms with van der Waals surface area (Å²) in [5.74, 6) is 0.866. The van der Waals surface area contributed by atoms with Crippen molar-refractivity contribution in [2.24, 2.45) is 0 Å². The van der Waals surface area contributed by atoms with Crippen molar-refractivity contribution in [1.29, 1.82) is 0 Å². The predicted octanol–water partition coefficient (Wildman–Crippen LogP) is 2.42. The van der Waals surface area contributed by atoms with Crippen LogP contribution in [0.2, 0.25) is 0 Å². The van der Waals surface area contributed by atoms with Crippen LogP contribution >= 0.6 is 0 Å². The number of sulfonamides is 1. The highest BCUT2D eigenvalue weighted by Crippen LogP contribution is 2.35. The first kappa shape index (κ1) is 16.9. The third-order valence-corrected chi connectivity index (χ3v) is 6.26. The maximum atomic E-state index is 12.5. The molecule has 0 spiro atoms. The summed E-state index contributed by atoms with van der Waals surface area (Å²) in [7, 11) is -3.50. The van der Waals surface area contributed by atoms with Crippen LogP contribution in [-0.4, -0.2) is 38.6 Å². The Hall–Kier alpha value is -2.58. The molecule has 4 rings (SSSR count). The Morgan fingerprint density at radius 3 is 2.38 bits per heavy atom. The van der Waals surface area contributed by atoms with Gasteiger partial charge in [0.2, 0.25) is 16.8 Å². The topological polar surface area (TPSA) is 82.1 Å². The van der Waals surface area contributed by atoms with E-state index in [1.165, 1.54) is 28.6 Å². The molecular weight excluding hydrogens is 358 g/mol. The van der Waals surface area contributed by atoms with Gasteiger partial charge in [-0.25, -0.2) is 13.2 Å². The highest BCUT2D eigenvalue weighted by atomic mass is 32.2. The summed E-state index contributed by atoms with van der Waals surface area (Å²) in [6.07, 6.45) is 1.75. The summed E-state index contributed by atoms with van der Waals surface area (Å²) in [6, 6.07) is 10.6. The Kier molecular flexibility index (Phi) is 4.29. The fourth-order valence-electron chi connectivity index (χ4n) is 2.95. The third-order valence-electron chi connectivity index (χ3n) is 4.35. The van der Waals surface area contributed by atoms with Gasteiger partial charge in [-0.15, -0.1) is 0 Å². The maximum Gasteiger partial charge on any atom is 0.343 e. The number of fused-ring (bicyclic) bond motifs is 1. The van der Waals surface area contributed by atoms with Gasteiger partial charge in [0.15, 0.2) is 11.5 Å². The number of benzene rings is 2. The summed E-state index contributed by atoms with van der Waals surface area (Å²) in [4.78, 5) is 12.5. The van der Waals surface area contributed by atoms with Crippen LogP contribution in [0.25, 0.3) is 0 Å². The van der Waals surface area contributed by atoms with Crippen LogP contribution in [0.3, 0.4) is 0 Å². The summed E-state index contributed by atoms with van der Waals surface area (Å²) >= 11 is 0. The molecule has 0 unspecified atom stereocenters. The van der Waals surface area contributed by atoms with Gasteiger partial charge in [0.05, 0.1) is 10.5 Å². The highest BCUT2D eigenvalue weighted by Gasteiger charge is 2.27. The van der Waals surface area contributed by atoms with Gasteiger partial charge in [-0.2, -0.15) is 4.31 Å². The minimum atomic E-state index is -3.50. The van der Waals surface area contributed by atoms with Crippen molar-refractivity contribution < 1.29 is 27.4 Å². The number of esters is 1. The first-order valence-corrected chi connectivity index (χ1v) is 9.70. The largest absolute Gasteiger partial charge is 0.454 e. The van der Waals surface area contributed by atoms with Crippen LogP contribution in [0.5, 0.6) is 17.2 Å². The molecule has 2 aromatic rings. The van der Waals surface area contributed by atoms with Gasteiger partial charge in [-0.1, -0.05) is 0 Å². The Morgan fingerprint density at radius 2 is 1.65 bits per heavy atom. The van der Waals surface area contributed by atoms with Gasteiger partial charge in [0, 0.05) is 19.2 Å². The molecule has 0 bridgehead atoms. The van der Waals surface area contributed by atoms with E-state index in [-0.39, 0.29) is 17.3 Å². The van der Waals surface area contributed by atoms with Crippen molar-refractivity contribution in [3.63, 3.8) is 0 Å². The Balaban J connectivity index is 1.49. The monoisotopic (exact) mass is 375 g/mol. The second-order valence-corrected chi connectivity index (χ2v) is 7.98. The second kappa shape index (κ2) is 6.62. The van der Waals surface area contributed by atoms with Gasteiger partial charge >= 0.3 is 5.97 Å². The van der Waals surface area contributed by atoms with E-state index in [0.29, 0.717) is 30.3 Å². The van der Waals surface area contributed by atoms with Crippen LogP contribution in [0.1, 0.15) is 23.2 Å². The first-order chi connectivity index (χ1) is 12.5. The van der Waals surface area contributed by atoms with Crippen molar-refractivity contribution in [2.45, 2.75) is 17.7 Å². The second-order valence-electron chi connectivity index (χ2n) is 6.04. The van der Waals surface area contributed by atoms with E-state index in [9.17, 15) is 13.2 Å². The molecule has 0 radical (unpaired) electrons. The molecule has 0 amide bonds. The van der Waals surface area contributed by atoms with Crippen molar-refractivity contribution in [3.8, 4) is 17.2 Å². The zero-order chi connectivity index (χ0) is 18.1. The number of hydrogen-bond acceptors (Lipinski definition) is 6. The normalized spacial score (nSPS) is 16.6. The average Bonchev–Trinajstić information content (AvgIpc) is 3.33. The van der Waals surface area contributed by atoms with E-state index in [4.69, 9.17) is 14.2 Å². The Labute approximate surface area is 151 Å². The average molecular weight is 375 g/mol. The van der Waals surface area contributed by atoms with Gasteiger partial charge in [0.25, 0.3) is 0 Å². The lowest BCUT2D eigenvalue weighted by molar-refractivity contribution is 0.0734. The zero-order valence-corrected chi connectivity index (χ0v) is 14.7. The molecule has 8 heteroatoms. The van der Waals surface area contributed by atoms with Gasteiger partial charge < -0.3 is 14.2 Å². The molecule has 2 aliphatic heterocycles. The predicted molar refractivity (Wildman–Crippen MR) is 92.0 cm³/mol. The van der Waals surface area contributed by atoms with Crippen LogP contribution in [-0.2, 0) is 10.0 Å². The zero-order valence-electron chi connectivity index (χ0n) is 13.9. The van der Waals surface area contributed by atoms with Crippen LogP contribution < -0.4 is 14.2 Å². The maximum absolute atomic E-state index is 12.5. The third kappa shape index (κ3) is 3.13. The molecule has 2 aromatic carbocycles. The highest BCUT2D eigenvalue weighted by molar-refractivity contribution is 7.89. The summed E-state index contributed by atoms with van der Waals surface area (Å²) in [6.45, 7) is 1.21. The number of carbonyl (C=O) groups excluding carboxylic acids is 1. The van der Waals surface area contributed by atoms with E-state index >= 15 is 0 Å². The van der Waals surface area contributed by atoms with Crippen molar-refractivity contribution in [1.82, 2.24) is 4.31 Å². The van der Waals surface area contributed by atoms with Crippen LogP contribution in [0.4, 0.5) is 0 Å². The molecule has 2 heterocycles. The van der Waals surface area contributed by atoms with Gasteiger partial charge in [-0.05, 0) is 49.2 Å². The molecule has 0 aromatic heterocycles. The molecule has 26 heavy (non-hydrogen) atoms. The molecule has 136 valence electrons. The number of hydrogen-bond donors (Lipinski definition) is 0. The molecule has 2 aliphatic rings. The number of nitrogens with zero attached hydrogens (tertiary/aromatic N) is 1. The number of rotatable bonds is 4. The molecule has 0 aliphatic carbocycles. The minimum Gasteiger partial charge on any atom is -0.454 e. The fraction of sp³-hybridized carbons (Fsp3) is 0.278. The molecule has 1 fully saturated rings. The van der Waals surface area contributed by atoms with E-state index in [1.807, 2.05) is 0 Å². The minimum absolute atomic E-state index is 0.139. The lowest BCUT2D eigenvalue weighted by Gasteiger charge is -2.15. The number of ether oxygens (including phenoxy) is 3. The van der Waals surface area contributed by atoms with Gasteiger partial charge in [0.1, 0.15) is 5.75 Å². The van der Waals surface area contributed by atoms with Crippen LogP contribution in [0.15, 0.2) is 47.4 Å². The van der Waals surface area contributed by atoms with E-state index < -0.39 is 16.0 Å². The van der Waals surface area contributed by atoms with Crippen LogP contribution in [0, 0.1) is 0 Å². The van der Waals surface area contributed by atoms with E-state index in [2.05, 4.69) is 0 Å². The van der Waals surface area contributed by atoms with Crippen molar-refractivity contribution >= 4 is 16.0 Å². The molecule has 7 nitrogen and oxygen atoms in total. The first-order valence-electron chi connectivity index (χ1n) is 8.26. The quantitative estimate of drug-likeness (QED) is 0.603. The molecule has 0 saturated carbocycles. The van der Waals surface area contributed by atoms with Crippen molar-refractivity contribution in [2.75, 3.05) is 19.9 Å². The number of carbonyl (C=O) groups is 1. The summed E-state index contributed by atoms with van der Waals surface area (Å²) in [5.41, 5.74) is 0.267. The Bertz CT molecular complexity index is 933. The Morgan fingerprint density at radius 1 is 0.962 bits per heavy atom. The van der Waals surface area contributed by atoms with Crippen molar-refractivity contribution in [3.05, 3.63) is 48.0 Å². The SMILES string of the molecule is O=C(Oc1ccc2c(c1)OCO2)c1ccc(S(=O)(=O)N2CCCC2)cc1. The standard InChI is InChI=1S/C18H17NO6S/c20-18(25-14-5-8-16-17(11-14)24-12-23-16)13-3-6-15(7-4-13)26(21,22)19-9-1-2-10-19/h3-8,11H,1-2,9-10,12H2. The molecule has 1 saturated heterocycles. The lowest BCUT2D eigenvalue weighted by Crippen LogP contribution is -2.27. The van der Waals surface area contributed by atoms with E-state index in [0.717, 1.165) is 12.8 Å². The van der Waals surface area contributed by atoms with Gasteiger partial charge in [-0.3, -0.25) is 0 Å². The smallest absolute Gasteiger partial charge is 0.343 e. The molecular formula is C18H17NO6S. The fourth-order valence-corrected chi connectivity index (χ4v) is 4.46. The summed E-state index contributed by atoms with van der Waals surface area (Å²) in [5, 5.41) is 0.